The van der Waals surface area contributed by atoms with Crippen LogP contribution >= 0.6 is 0 Å². The predicted molar refractivity (Wildman–Crippen MR) is 130 cm³/mol. The van der Waals surface area contributed by atoms with Gasteiger partial charge in [0.2, 0.25) is 0 Å². The van der Waals surface area contributed by atoms with Gasteiger partial charge in [0, 0.05) is 31.4 Å². The summed E-state index contributed by atoms with van der Waals surface area (Å²) in [5, 5.41) is 10.2. The van der Waals surface area contributed by atoms with Gasteiger partial charge in [-0.1, -0.05) is 54.6 Å². The summed E-state index contributed by atoms with van der Waals surface area (Å²) in [7, 11) is 0. The Morgan fingerprint density at radius 3 is 2.38 bits per heavy atom. The Balaban J connectivity index is 1.25. The van der Waals surface area contributed by atoms with E-state index in [1.165, 1.54) is 37.9 Å². The van der Waals surface area contributed by atoms with E-state index in [0.717, 1.165) is 49.8 Å². The summed E-state index contributed by atoms with van der Waals surface area (Å²) in [6, 6.07) is 24.6. The van der Waals surface area contributed by atoms with E-state index in [0.29, 0.717) is 5.75 Å². The van der Waals surface area contributed by atoms with E-state index < -0.39 is 0 Å². The normalized spacial score (nSPS) is 15.3. The van der Waals surface area contributed by atoms with E-state index in [9.17, 15) is 5.11 Å². The van der Waals surface area contributed by atoms with Crippen LogP contribution in [0.1, 0.15) is 36.1 Å². The van der Waals surface area contributed by atoms with Crippen LogP contribution in [0, 0.1) is 5.92 Å². The van der Waals surface area contributed by atoms with Crippen molar-refractivity contribution in [2.24, 2.45) is 5.92 Å². The predicted octanol–water partition coefficient (Wildman–Crippen LogP) is 5.13. The van der Waals surface area contributed by atoms with Crippen molar-refractivity contribution in [2.75, 3.05) is 26.2 Å². The van der Waals surface area contributed by atoms with E-state index >= 15 is 0 Å². The molecule has 1 aliphatic rings. The standard InChI is InChI=1S/C28H35N3O/c32-28-13-5-4-11-26(28)22-31(23-27-12-6-7-16-29-27)18-8-17-30-19-14-25(15-20-30)21-24-9-2-1-3-10-24/h1-7,9-13,16,25,32H,8,14-15,17-23H2. The molecule has 32 heavy (non-hydrogen) atoms. The van der Waals surface area contributed by atoms with E-state index in [-0.39, 0.29) is 0 Å². The largest absolute Gasteiger partial charge is 0.508 e. The van der Waals surface area contributed by atoms with Gasteiger partial charge in [0.25, 0.3) is 0 Å². The lowest BCUT2D eigenvalue weighted by molar-refractivity contribution is 0.166. The van der Waals surface area contributed by atoms with Gasteiger partial charge < -0.3 is 10.0 Å². The van der Waals surface area contributed by atoms with E-state index in [1.807, 2.05) is 36.5 Å². The molecule has 0 aliphatic carbocycles. The molecule has 1 aromatic heterocycles. The van der Waals surface area contributed by atoms with Crippen LogP contribution in [0.2, 0.25) is 0 Å². The fourth-order valence-electron chi connectivity index (χ4n) is 4.70. The molecule has 0 bridgehead atoms. The van der Waals surface area contributed by atoms with Crippen molar-refractivity contribution in [1.29, 1.82) is 0 Å². The maximum atomic E-state index is 10.2. The highest BCUT2D eigenvalue weighted by Gasteiger charge is 2.19. The number of phenolic OH excluding ortho intramolecular Hbond substituents is 1. The maximum absolute atomic E-state index is 10.2. The first-order valence-corrected chi connectivity index (χ1v) is 11.9. The number of piperidine rings is 1. The molecular weight excluding hydrogens is 394 g/mol. The Morgan fingerprint density at radius 2 is 1.62 bits per heavy atom. The highest BCUT2D eigenvalue weighted by atomic mass is 16.3. The number of phenols is 1. The molecule has 4 nitrogen and oxygen atoms in total. The Hall–Kier alpha value is -2.69. The quantitative estimate of drug-likeness (QED) is 0.485. The van der Waals surface area contributed by atoms with Crippen LogP contribution in [0.5, 0.6) is 5.75 Å². The number of benzene rings is 2. The van der Waals surface area contributed by atoms with Gasteiger partial charge in [0.05, 0.1) is 5.69 Å². The Labute approximate surface area is 192 Å². The third-order valence-corrected chi connectivity index (χ3v) is 6.52. The van der Waals surface area contributed by atoms with Crippen LogP contribution in [0.4, 0.5) is 0 Å². The number of hydrogen-bond acceptors (Lipinski definition) is 4. The molecule has 0 amide bonds. The molecule has 1 aliphatic heterocycles. The second-order valence-electron chi connectivity index (χ2n) is 8.99. The second-order valence-corrected chi connectivity index (χ2v) is 8.99. The highest BCUT2D eigenvalue weighted by Crippen LogP contribution is 2.22. The molecule has 4 heteroatoms. The molecule has 1 N–H and O–H groups in total. The van der Waals surface area contributed by atoms with Crippen molar-refractivity contribution in [2.45, 2.75) is 38.8 Å². The maximum Gasteiger partial charge on any atom is 0.120 e. The minimum atomic E-state index is 0.374. The molecule has 1 saturated heterocycles. The number of aromatic hydroxyl groups is 1. The number of aromatic nitrogens is 1. The average molecular weight is 430 g/mol. The minimum Gasteiger partial charge on any atom is -0.508 e. The second kappa shape index (κ2) is 11.8. The highest BCUT2D eigenvalue weighted by molar-refractivity contribution is 5.31. The zero-order valence-electron chi connectivity index (χ0n) is 18.9. The lowest BCUT2D eigenvalue weighted by atomic mass is 9.90. The van der Waals surface area contributed by atoms with Crippen molar-refractivity contribution >= 4 is 0 Å². The first kappa shape index (κ1) is 22.5. The zero-order chi connectivity index (χ0) is 22.0. The summed E-state index contributed by atoms with van der Waals surface area (Å²) < 4.78 is 0. The molecule has 0 atom stereocenters. The Kier molecular flexibility index (Phi) is 8.29. The summed E-state index contributed by atoms with van der Waals surface area (Å²) in [4.78, 5) is 9.54. The SMILES string of the molecule is Oc1ccccc1CN(CCCN1CCC(Cc2ccccc2)CC1)Cc1ccccn1. The van der Waals surface area contributed by atoms with Crippen LogP contribution in [-0.2, 0) is 19.5 Å². The molecule has 2 heterocycles. The molecular formula is C28H35N3O. The van der Waals surface area contributed by atoms with Crippen molar-refractivity contribution in [3.8, 4) is 5.75 Å². The summed E-state index contributed by atoms with van der Waals surface area (Å²) >= 11 is 0. The van der Waals surface area contributed by atoms with Crippen LogP contribution in [-0.4, -0.2) is 46.1 Å². The molecule has 0 radical (unpaired) electrons. The van der Waals surface area contributed by atoms with Crippen LogP contribution < -0.4 is 0 Å². The molecule has 0 saturated carbocycles. The van der Waals surface area contributed by atoms with E-state index in [4.69, 9.17) is 0 Å². The number of pyridine rings is 1. The fraction of sp³-hybridized carbons (Fsp3) is 0.393. The van der Waals surface area contributed by atoms with Crippen LogP contribution in [0.15, 0.2) is 79.0 Å². The number of rotatable bonds is 10. The average Bonchev–Trinajstić information content (AvgIpc) is 2.83. The summed E-state index contributed by atoms with van der Waals surface area (Å²) in [5.41, 5.74) is 3.52. The molecule has 4 rings (SSSR count). The number of hydrogen-bond donors (Lipinski definition) is 1. The third kappa shape index (κ3) is 6.91. The smallest absolute Gasteiger partial charge is 0.120 e. The van der Waals surface area contributed by atoms with Crippen molar-refractivity contribution in [3.63, 3.8) is 0 Å². The summed E-state index contributed by atoms with van der Waals surface area (Å²) in [6.45, 7) is 6.08. The zero-order valence-corrected chi connectivity index (χ0v) is 18.9. The lowest BCUT2D eigenvalue weighted by Crippen LogP contribution is -2.36. The number of likely N-dealkylation sites (tertiary alicyclic amines) is 1. The Morgan fingerprint density at radius 1 is 0.875 bits per heavy atom. The summed E-state index contributed by atoms with van der Waals surface area (Å²) in [5.74, 6) is 1.19. The number of para-hydroxylation sites is 1. The first-order chi connectivity index (χ1) is 15.8. The van der Waals surface area contributed by atoms with Crippen LogP contribution in [0.3, 0.4) is 0 Å². The number of nitrogens with zero attached hydrogens (tertiary/aromatic N) is 3. The molecule has 1 fully saturated rings. The van der Waals surface area contributed by atoms with Gasteiger partial charge in [0.1, 0.15) is 5.75 Å². The van der Waals surface area contributed by atoms with Crippen molar-refractivity contribution in [3.05, 3.63) is 95.8 Å². The molecule has 0 unspecified atom stereocenters. The van der Waals surface area contributed by atoms with Gasteiger partial charge in [-0.15, -0.1) is 0 Å². The van der Waals surface area contributed by atoms with Crippen molar-refractivity contribution in [1.82, 2.24) is 14.8 Å². The Bertz CT molecular complexity index is 924. The van der Waals surface area contributed by atoms with Gasteiger partial charge >= 0.3 is 0 Å². The third-order valence-electron chi connectivity index (χ3n) is 6.52. The summed E-state index contributed by atoms with van der Waals surface area (Å²) in [6.07, 6.45) is 6.79. The first-order valence-electron chi connectivity index (χ1n) is 11.9. The molecule has 0 spiro atoms. The van der Waals surface area contributed by atoms with Gasteiger partial charge in [-0.3, -0.25) is 9.88 Å². The van der Waals surface area contributed by atoms with Crippen molar-refractivity contribution < 1.29 is 5.11 Å². The van der Waals surface area contributed by atoms with Crippen LogP contribution in [0.25, 0.3) is 0 Å². The molecule has 3 aromatic rings. The fourth-order valence-corrected chi connectivity index (χ4v) is 4.70. The van der Waals surface area contributed by atoms with Gasteiger partial charge in [0.15, 0.2) is 0 Å². The minimum absolute atomic E-state index is 0.374. The van der Waals surface area contributed by atoms with Gasteiger partial charge in [-0.05, 0) is 75.0 Å². The van der Waals surface area contributed by atoms with E-state index in [2.05, 4.69) is 51.2 Å². The molecule has 2 aromatic carbocycles. The lowest BCUT2D eigenvalue weighted by Gasteiger charge is -2.32. The monoisotopic (exact) mass is 429 g/mol. The van der Waals surface area contributed by atoms with Gasteiger partial charge in [-0.2, -0.15) is 0 Å². The van der Waals surface area contributed by atoms with Gasteiger partial charge in [-0.25, -0.2) is 0 Å². The topological polar surface area (TPSA) is 39.6 Å². The molecule has 168 valence electrons. The van der Waals surface area contributed by atoms with E-state index in [1.54, 1.807) is 6.07 Å².